The van der Waals surface area contributed by atoms with Crippen molar-refractivity contribution < 1.29 is 9.53 Å². The molecule has 0 atom stereocenters. The number of carbonyl (C=O) groups excluding carboxylic acids is 1. The van der Waals surface area contributed by atoms with E-state index in [1.54, 1.807) is 0 Å². The minimum absolute atomic E-state index is 0.00993. The summed E-state index contributed by atoms with van der Waals surface area (Å²) in [7, 11) is 0. The minimum atomic E-state index is -0.357. The zero-order valence-electron chi connectivity index (χ0n) is 13.6. The molecule has 0 saturated heterocycles. The Morgan fingerprint density at radius 1 is 1.11 bits per heavy atom. The SMILES string of the molecule is CCC(C)(C)C(=O)OC1(C(C)C)CCCCCCC1. The molecule has 0 aromatic carbocycles. The fourth-order valence-electron chi connectivity index (χ4n) is 2.77. The molecule has 1 fully saturated rings. The third kappa shape index (κ3) is 4.22. The van der Waals surface area contributed by atoms with Crippen molar-refractivity contribution in [1.82, 2.24) is 0 Å². The maximum atomic E-state index is 12.4. The Bertz CT molecular complexity index is 284. The number of hydrogen-bond acceptors (Lipinski definition) is 2. The summed E-state index contributed by atoms with van der Waals surface area (Å²) in [6, 6.07) is 0. The van der Waals surface area contributed by atoms with Crippen LogP contribution < -0.4 is 0 Å². The van der Waals surface area contributed by atoms with E-state index < -0.39 is 0 Å². The van der Waals surface area contributed by atoms with Gasteiger partial charge < -0.3 is 4.74 Å². The van der Waals surface area contributed by atoms with Crippen LogP contribution in [0.4, 0.5) is 0 Å². The molecule has 1 aliphatic carbocycles. The third-order valence-corrected chi connectivity index (χ3v) is 4.98. The maximum Gasteiger partial charge on any atom is 0.312 e. The lowest BCUT2D eigenvalue weighted by atomic mass is 9.78. The topological polar surface area (TPSA) is 26.3 Å². The van der Waals surface area contributed by atoms with Crippen molar-refractivity contribution in [1.29, 1.82) is 0 Å². The van der Waals surface area contributed by atoms with E-state index in [-0.39, 0.29) is 17.0 Å². The molecule has 2 heteroatoms. The lowest BCUT2D eigenvalue weighted by Gasteiger charge is -2.40. The van der Waals surface area contributed by atoms with Crippen molar-refractivity contribution in [3.05, 3.63) is 0 Å². The summed E-state index contributed by atoms with van der Waals surface area (Å²) >= 11 is 0. The van der Waals surface area contributed by atoms with Crippen molar-refractivity contribution >= 4 is 5.97 Å². The summed E-state index contributed by atoms with van der Waals surface area (Å²) < 4.78 is 6.09. The first-order valence-corrected chi connectivity index (χ1v) is 8.07. The van der Waals surface area contributed by atoms with Crippen molar-refractivity contribution in [2.45, 2.75) is 91.6 Å². The van der Waals surface area contributed by atoms with Gasteiger partial charge in [-0.15, -0.1) is 0 Å². The van der Waals surface area contributed by atoms with E-state index in [0.717, 1.165) is 19.3 Å². The van der Waals surface area contributed by atoms with Crippen LogP contribution in [0.2, 0.25) is 0 Å². The van der Waals surface area contributed by atoms with Gasteiger partial charge in [0.05, 0.1) is 5.41 Å². The Labute approximate surface area is 119 Å². The van der Waals surface area contributed by atoms with E-state index in [1.165, 1.54) is 32.1 Å². The van der Waals surface area contributed by atoms with E-state index in [1.807, 2.05) is 13.8 Å². The van der Waals surface area contributed by atoms with Crippen LogP contribution >= 0.6 is 0 Å². The van der Waals surface area contributed by atoms with Crippen molar-refractivity contribution in [3.63, 3.8) is 0 Å². The second-order valence-corrected chi connectivity index (χ2v) is 7.11. The van der Waals surface area contributed by atoms with Crippen LogP contribution in [0, 0.1) is 11.3 Å². The minimum Gasteiger partial charge on any atom is -0.458 e. The standard InChI is InChI=1S/C17H32O2/c1-6-16(4,5)15(18)19-17(14(2)3)12-10-8-7-9-11-13-17/h14H,6-13H2,1-5H3. The predicted molar refractivity (Wildman–Crippen MR) is 80.1 cm³/mol. The van der Waals surface area contributed by atoms with Crippen molar-refractivity contribution in [2.24, 2.45) is 11.3 Å². The summed E-state index contributed by atoms with van der Waals surface area (Å²) in [5.74, 6) is 0.395. The molecule has 0 aromatic heterocycles. The number of ether oxygens (including phenoxy) is 1. The Morgan fingerprint density at radius 2 is 1.58 bits per heavy atom. The summed E-state index contributed by atoms with van der Waals surface area (Å²) in [6.07, 6.45) is 9.19. The molecule has 1 rings (SSSR count). The van der Waals surface area contributed by atoms with Gasteiger partial charge in [0.1, 0.15) is 5.60 Å². The van der Waals surface area contributed by atoms with Gasteiger partial charge in [0.2, 0.25) is 0 Å². The van der Waals surface area contributed by atoms with Gasteiger partial charge in [-0.2, -0.15) is 0 Å². The fraction of sp³-hybridized carbons (Fsp3) is 0.941. The molecule has 112 valence electrons. The van der Waals surface area contributed by atoms with E-state index >= 15 is 0 Å². The molecule has 0 heterocycles. The lowest BCUT2D eigenvalue weighted by molar-refractivity contribution is -0.179. The van der Waals surface area contributed by atoms with Crippen LogP contribution in [0.1, 0.15) is 86.0 Å². The zero-order valence-corrected chi connectivity index (χ0v) is 13.6. The highest BCUT2D eigenvalue weighted by molar-refractivity contribution is 5.76. The van der Waals surface area contributed by atoms with Crippen LogP contribution in [0.3, 0.4) is 0 Å². The molecule has 0 amide bonds. The van der Waals surface area contributed by atoms with E-state index in [9.17, 15) is 4.79 Å². The van der Waals surface area contributed by atoms with Crippen LogP contribution in [0.15, 0.2) is 0 Å². The lowest BCUT2D eigenvalue weighted by Crippen LogP contribution is -2.44. The first kappa shape index (κ1) is 16.5. The summed E-state index contributed by atoms with van der Waals surface area (Å²) in [4.78, 5) is 12.4. The molecule has 0 N–H and O–H groups in total. The van der Waals surface area contributed by atoms with Gasteiger partial charge in [-0.1, -0.05) is 40.0 Å². The average molecular weight is 268 g/mol. The van der Waals surface area contributed by atoms with E-state index in [0.29, 0.717) is 5.92 Å². The zero-order chi connectivity index (χ0) is 14.5. The van der Waals surface area contributed by atoms with Gasteiger partial charge in [0, 0.05) is 0 Å². The van der Waals surface area contributed by atoms with Crippen LogP contribution in [-0.4, -0.2) is 11.6 Å². The number of carbonyl (C=O) groups is 1. The van der Waals surface area contributed by atoms with E-state index in [2.05, 4.69) is 20.8 Å². The average Bonchev–Trinajstić information content (AvgIpc) is 2.32. The molecule has 0 spiro atoms. The van der Waals surface area contributed by atoms with Gasteiger partial charge >= 0.3 is 5.97 Å². The summed E-state index contributed by atoms with van der Waals surface area (Å²) in [6.45, 7) is 10.4. The van der Waals surface area contributed by atoms with Crippen LogP contribution in [-0.2, 0) is 9.53 Å². The second kappa shape index (κ2) is 6.76. The smallest absolute Gasteiger partial charge is 0.312 e. The number of esters is 1. The highest BCUT2D eigenvalue weighted by Crippen LogP contribution is 2.38. The van der Waals surface area contributed by atoms with Crippen molar-refractivity contribution in [2.75, 3.05) is 0 Å². The highest BCUT2D eigenvalue weighted by atomic mass is 16.6. The second-order valence-electron chi connectivity index (χ2n) is 7.11. The summed E-state index contributed by atoms with van der Waals surface area (Å²) in [5, 5.41) is 0. The van der Waals surface area contributed by atoms with Crippen LogP contribution in [0.25, 0.3) is 0 Å². The van der Waals surface area contributed by atoms with Crippen molar-refractivity contribution in [3.8, 4) is 0 Å². The molecule has 2 nitrogen and oxygen atoms in total. The Hall–Kier alpha value is -0.530. The van der Waals surface area contributed by atoms with Gasteiger partial charge in [-0.3, -0.25) is 4.79 Å². The largest absolute Gasteiger partial charge is 0.458 e. The monoisotopic (exact) mass is 268 g/mol. The first-order valence-electron chi connectivity index (χ1n) is 8.07. The Morgan fingerprint density at radius 3 is 2.00 bits per heavy atom. The summed E-state index contributed by atoms with van der Waals surface area (Å²) in [5.41, 5.74) is -0.575. The van der Waals surface area contributed by atoms with Crippen LogP contribution in [0.5, 0.6) is 0 Å². The van der Waals surface area contributed by atoms with E-state index in [4.69, 9.17) is 4.74 Å². The molecule has 0 aliphatic heterocycles. The van der Waals surface area contributed by atoms with Gasteiger partial charge in [0.25, 0.3) is 0 Å². The Kier molecular flexibility index (Phi) is 5.88. The molecule has 0 aromatic rings. The molecule has 0 radical (unpaired) electrons. The molecule has 0 unspecified atom stereocenters. The first-order chi connectivity index (χ1) is 8.84. The third-order valence-electron chi connectivity index (χ3n) is 4.98. The molecule has 19 heavy (non-hydrogen) atoms. The van der Waals surface area contributed by atoms with Gasteiger partial charge in [-0.05, 0) is 51.9 Å². The molecule has 0 bridgehead atoms. The molecular formula is C17H32O2. The number of hydrogen-bond donors (Lipinski definition) is 0. The normalized spacial score (nSPS) is 20.7. The molecule has 1 aliphatic rings. The molecular weight excluding hydrogens is 236 g/mol. The van der Waals surface area contributed by atoms with Gasteiger partial charge in [0.15, 0.2) is 0 Å². The predicted octanol–water partition coefficient (Wildman–Crippen LogP) is 5.10. The molecule has 1 saturated carbocycles. The fourth-order valence-corrected chi connectivity index (χ4v) is 2.77. The highest BCUT2D eigenvalue weighted by Gasteiger charge is 2.40. The quantitative estimate of drug-likeness (QED) is 0.663. The Balaban J connectivity index is 2.83. The number of rotatable bonds is 4. The maximum absolute atomic E-state index is 12.4. The van der Waals surface area contributed by atoms with Gasteiger partial charge in [-0.25, -0.2) is 0 Å².